The van der Waals surface area contributed by atoms with E-state index in [0.29, 0.717) is 24.6 Å². The lowest BCUT2D eigenvalue weighted by Gasteiger charge is -2.36. The van der Waals surface area contributed by atoms with Crippen molar-refractivity contribution in [1.82, 2.24) is 19.1 Å². The fourth-order valence-electron chi connectivity index (χ4n) is 4.96. The number of benzene rings is 1. The van der Waals surface area contributed by atoms with E-state index in [1.54, 1.807) is 6.07 Å². The lowest BCUT2D eigenvalue weighted by molar-refractivity contribution is -0.116. The number of carbonyl (C=O) groups excluding carboxylic acids is 2. The van der Waals surface area contributed by atoms with Gasteiger partial charge in [0.05, 0.1) is 46.4 Å². The molecule has 1 aliphatic rings. The van der Waals surface area contributed by atoms with E-state index in [-0.39, 0.29) is 51.5 Å². The first-order chi connectivity index (χ1) is 19.4. The van der Waals surface area contributed by atoms with E-state index in [1.165, 1.54) is 34.9 Å². The zero-order chi connectivity index (χ0) is 29.6. The number of nitrogens with one attached hydrogen (secondary N) is 1. The predicted octanol–water partition coefficient (Wildman–Crippen LogP) is 2.65. The lowest BCUT2D eigenvalue weighted by atomic mass is 10.0. The largest absolute Gasteiger partial charge is 0.507 e. The summed E-state index contributed by atoms with van der Waals surface area (Å²) in [6.07, 6.45) is 4.12. The molecule has 2 atom stereocenters. The Balaban J connectivity index is 1.49. The Bertz CT molecular complexity index is 1740. The number of phenols is 1. The molecule has 0 aliphatic carbocycles. The molecule has 41 heavy (non-hydrogen) atoms. The van der Waals surface area contributed by atoms with Crippen LogP contribution in [-0.2, 0) is 23.1 Å². The highest BCUT2D eigenvalue weighted by Gasteiger charge is 2.25. The van der Waals surface area contributed by atoms with Crippen LogP contribution in [0.15, 0.2) is 41.7 Å². The number of amides is 2. The number of fused-ring (bicyclic) bond motifs is 1. The van der Waals surface area contributed by atoms with Crippen molar-refractivity contribution in [2.75, 3.05) is 23.3 Å². The molecule has 4 N–H and O–H groups in total. The molecule has 14 heteroatoms. The van der Waals surface area contributed by atoms with Crippen LogP contribution >= 0.6 is 11.6 Å². The van der Waals surface area contributed by atoms with Crippen LogP contribution in [-0.4, -0.2) is 61.3 Å². The van der Waals surface area contributed by atoms with Crippen molar-refractivity contribution in [3.8, 4) is 16.9 Å². The summed E-state index contributed by atoms with van der Waals surface area (Å²) in [7, 11) is 1.48. The zero-order valence-corrected chi connectivity index (χ0v) is 23.1. The molecule has 0 bridgehead atoms. The van der Waals surface area contributed by atoms with Crippen molar-refractivity contribution < 1.29 is 23.8 Å². The first kappa shape index (κ1) is 28.1. The fourth-order valence-corrected chi connectivity index (χ4v) is 5.11. The van der Waals surface area contributed by atoms with E-state index in [9.17, 15) is 19.5 Å². The molecule has 1 aliphatic heterocycles. The van der Waals surface area contributed by atoms with Gasteiger partial charge < -0.3 is 34.9 Å². The normalized spacial score (nSPS) is 17.1. The summed E-state index contributed by atoms with van der Waals surface area (Å²) in [5.74, 6) is -2.39. The molecule has 5 rings (SSSR count). The first-order valence-corrected chi connectivity index (χ1v) is 13.0. The molecule has 214 valence electrons. The van der Waals surface area contributed by atoms with Gasteiger partial charge in [-0.2, -0.15) is 0 Å². The number of anilines is 2. The van der Waals surface area contributed by atoms with Crippen LogP contribution in [0, 0.1) is 5.82 Å². The Kier molecular flexibility index (Phi) is 7.41. The van der Waals surface area contributed by atoms with Crippen LogP contribution in [0.25, 0.3) is 22.2 Å². The molecule has 12 nitrogen and oxygen atoms in total. The van der Waals surface area contributed by atoms with Gasteiger partial charge in [0, 0.05) is 49.6 Å². The van der Waals surface area contributed by atoms with E-state index in [1.807, 2.05) is 18.7 Å². The van der Waals surface area contributed by atoms with Gasteiger partial charge in [-0.15, -0.1) is 0 Å². The van der Waals surface area contributed by atoms with Gasteiger partial charge in [0.2, 0.25) is 5.91 Å². The fraction of sp³-hybridized carbons (Fsp3) is 0.296. The number of carbonyl (C=O) groups is 2. The average molecular weight is 584 g/mol. The third-order valence-electron chi connectivity index (χ3n) is 6.75. The first-order valence-electron chi connectivity index (χ1n) is 12.7. The molecule has 1 fully saturated rings. The van der Waals surface area contributed by atoms with Crippen molar-refractivity contribution in [2.45, 2.75) is 32.6 Å². The van der Waals surface area contributed by atoms with E-state index < -0.39 is 28.9 Å². The molecule has 0 unspecified atom stereocenters. The third kappa shape index (κ3) is 5.45. The Hall–Kier alpha value is -4.49. The Labute approximate surface area is 238 Å². The van der Waals surface area contributed by atoms with Crippen molar-refractivity contribution in [2.24, 2.45) is 12.8 Å². The van der Waals surface area contributed by atoms with Crippen molar-refractivity contribution in [3.63, 3.8) is 0 Å². The molecule has 0 spiro atoms. The number of pyridine rings is 1. The number of aryl methyl sites for hydroxylation is 1. The second-order valence-corrected chi connectivity index (χ2v) is 10.4. The average Bonchev–Trinajstić information content (AvgIpc) is 3.25. The second kappa shape index (κ2) is 10.8. The number of halogens is 2. The predicted molar refractivity (Wildman–Crippen MR) is 151 cm³/mol. The minimum absolute atomic E-state index is 0.00293. The van der Waals surface area contributed by atoms with E-state index >= 15 is 4.39 Å². The van der Waals surface area contributed by atoms with Gasteiger partial charge in [-0.3, -0.25) is 14.4 Å². The van der Waals surface area contributed by atoms with Gasteiger partial charge >= 0.3 is 0 Å². The molecule has 3 aromatic heterocycles. The Morgan fingerprint density at radius 1 is 1.20 bits per heavy atom. The molecule has 4 aromatic rings. The Morgan fingerprint density at radius 3 is 2.59 bits per heavy atom. The molecule has 4 heterocycles. The van der Waals surface area contributed by atoms with Gasteiger partial charge in [-0.05, 0) is 19.9 Å². The summed E-state index contributed by atoms with van der Waals surface area (Å²) in [5.41, 5.74) is 4.85. The highest BCUT2D eigenvalue weighted by molar-refractivity contribution is 6.33. The highest BCUT2D eigenvalue weighted by atomic mass is 35.5. The summed E-state index contributed by atoms with van der Waals surface area (Å²) >= 11 is 6.34. The summed E-state index contributed by atoms with van der Waals surface area (Å²) < 4.78 is 23.4. The van der Waals surface area contributed by atoms with Crippen LogP contribution in [0.5, 0.6) is 5.75 Å². The topological polar surface area (TPSA) is 158 Å². The zero-order valence-electron chi connectivity index (χ0n) is 22.4. The number of primary amides is 1. The number of rotatable bonds is 6. The molecule has 1 saturated heterocycles. The van der Waals surface area contributed by atoms with Crippen molar-refractivity contribution in [1.29, 1.82) is 0 Å². The minimum atomic E-state index is -0.979. The lowest BCUT2D eigenvalue weighted by Crippen LogP contribution is -2.45. The minimum Gasteiger partial charge on any atom is -0.507 e. The number of hydrogen-bond acceptors (Lipinski definition) is 8. The third-order valence-corrected chi connectivity index (χ3v) is 7.05. The molecular formula is C27H27ClFN7O5. The maximum absolute atomic E-state index is 15.0. The van der Waals surface area contributed by atoms with Gasteiger partial charge in [-0.25, -0.2) is 14.4 Å². The van der Waals surface area contributed by atoms with Crippen molar-refractivity contribution >= 4 is 46.0 Å². The number of hydrogen-bond donors (Lipinski definition) is 3. The molecule has 0 saturated carbocycles. The van der Waals surface area contributed by atoms with Crippen molar-refractivity contribution in [3.05, 3.63) is 63.7 Å². The molecule has 2 amide bonds. The summed E-state index contributed by atoms with van der Waals surface area (Å²) in [5, 5.41) is 13.0. The van der Waals surface area contributed by atoms with Gasteiger partial charge in [0.1, 0.15) is 29.6 Å². The van der Waals surface area contributed by atoms with E-state index in [0.717, 1.165) is 12.1 Å². The number of nitrogens with two attached hydrogens (primary N) is 1. The summed E-state index contributed by atoms with van der Waals surface area (Å²) in [6, 6.07) is 3.48. The summed E-state index contributed by atoms with van der Waals surface area (Å²) in [6.45, 7) is 4.87. The Morgan fingerprint density at radius 2 is 1.90 bits per heavy atom. The van der Waals surface area contributed by atoms with Crippen LogP contribution in [0.4, 0.5) is 15.9 Å². The van der Waals surface area contributed by atoms with Gasteiger partial charge in [0.15, 0.2) is 0 Å². The maximum atomic E-state index is 15.0. The monoisotopic (exact) mass is 583 g/mol. The van der Waals surface area contributed by atoms with Gasteiger partial charge in [-0.1, -0.05) is 11.6 Å². The van der Waals surface area contributed by atoms with Crippen LogP contribution in [0.1, 0.15) is 24.2 Å². The van der Waals surface area contributed by atoms with Crippen LogP contribution in [0.3, 0.4) is 0 Å². The quantitative estimate of drug-likeness (QED) is 0.312. The van der Waals surface area contributed by atoms with E-state index in [2.05, 4.69) is 15.3 Å². The molecular weight excluding hydrogens is 557 g/mol. The van der Waals surface area contributed by atoms with E-state index in [4.69, 9.17) is 22.1 Å². The number of aromatic hydroxyl groups is 1. The van der Waals surface area contributed by atoms with Crippen LogP contribution in [0.2, 0.25) is 5.02 Å². The SMILES string of the molecule is C[C@@H]1CN(c2cc(NC(=O)Cn3cc(-c4cc(C(N)=O)c(O)cc4F)c4c(=O)n(C)cnc43)c(Cl)cn2)C[C@H](C)O1. The smallest absolute Gasteiger partial charge is 0.263 e. The highest BCUT2D eigenvalue weighted by Crippen LogP contribution is 2.34. The maximum Gasteiger partial charge on any atom is 0.263 e. The standard InChI is InChI=1S/C27H27ClFN7O5/c1-13-8-35(9-14(2)41-13)22-6-20(18(28)7-31-22)33-23(38)11-36-10-17(24-26(36)32-12-34(3)27(24)40)15-4-16(25(30)39)21(37)5-19(15)29/h4-7,10,12-14,37H,8-9,11H2,1-3H3,(H2,30,39)(H,31,33,38)/t13-,14+. The number of ether oxygens (including phenoxy) is 1. The van der Waals surface area contributed by atoms with Crippen LogP contribution < -0.4 is 21.5 Å². The number of nitrogens with zero attached hydrogens (tertiary/aromatic N) is 5. The molecule has 1 aromatic carbocycles. The number of morpholine rings is 1. The van der Waals surface area contributed by atoms with Gasteiger partial charge in [0.25, 0.3) is 11.5 Å². The second-order valence-electron chi connectivity index (χ2n) is 9.98. The summed E-state index contributed by atoms with van der Waals surface area (Å²) in [4.78, 5) is 48.8. The number of aromatic nitrogens is 4. The molecule has 0 radical (unpaired) electrons.